The highest BCUT2D eigenvalue weighted by Crippen LogP contribution is 2.27. The van der Waals surface area contributed by atoms with E-state index in [2.05, 4.69) is 11.0 Å². The van der Waals surface area contributed by atoms with Gasteiger partial charge in [0.25, 0.3) is 0 Å². The molecule has 0 saturated heterocycles. The van der Waals surface area contributed by atoms with Gasteiger partial charge in [-0.3, -0.25) is 4.90 Å². The zero-order valence-corrected chi connectivity index (χ0v) is 12.3. The van der Waals surface area contributed by atoms with Crippen LogP contribution in [0.2, 0.25) is 4.34 Å². The Morgan fingerprint density at radius 2 is 2.00 bits per heavy atom. The predicted octanol–water partition coefficient (Wildman–Crippen LogP) is 4.78. The van der Waals surface area contributed by atoms with E-state index in [-0.39, 0.29) is 0 Å². The van der Waals surface area contributed by atoms with Gasteiger partial charge in [-0.05, 0) is 25.0 Å². The molecule has 0 aromatic carbocycles. The average Bonchev–Trinajstić information content (AvgIpc) is 2.75. The Balaban J connectivity index is 1.95. The third-order valence-electron chi connectivity index (χ3n) is 3.45. The normalized spacial score (nSPS) is 17.8. The van der Waals surface area contributed by atoms with Gasteiger partial charge in [0.1, 0.15) is 0 Å². The monoisotopic (exact) mass is 291 g/mol. The molecule has 1 nitrogen and oxygen atoms in total. The molecule has 1 heterocycles. The molecule has 17 heavy (non-hydrogen) atoms. The lowest BCUT2D eigenvalue weighted by atomic mass is 9.94. The Hall–Kier alpha value is 0.240. The number of nitrogens with zero attached hydrogens (tertiary/aromatic N) is 1. The maximum absolute atomic E-state index is 5.98. The molecule has 1 aromatic rings. The molecule has 1 saturated carbocycles. The Kier molecular flexibility index (Phi) is 5.61. The molecule has 0 aliphatic heterocycles. The second-order valence-corrected chi connectivity index (χ2v) is 6.83. The molecule has 1 aliphatic carbocycles. The van der Waals surface area contributed by atoms with Crippen LogP contribution in [0.15, 0.2) is 12.1 Å². The summed E-state index contributed by atoms with van der Waals surface area (Å²) in [6, 6.07) is 4.85. The van der Waals surface area contributed by atoms with Gasteiger partial charge in [-0.2, -0.15) is 0 Å². The summed E-state index contributed by atoms with van der Waals surface area (Å²) in [7, 11) is 0. The van der Waals surface area contributed by atoms with Crippen LogP contribution in [0.4, 0.5) is 0 Å². The number of alkyl halides is 1. The predicted molar refractivity (Wildman–Crippen MR) is 77.3 cm³/mol. The fourth-order valence-electron chi connectivity index (χ4n) is 2.58. The topological polar surface area (TPSA) is 3.24 Å². The fraction of sp³-hybridized carbons (Fsp3) is 0.692. The quantitative estimate of drug-likeness (QED) is 0.706. The van der Waals surface area contributed by atoms with E-state index in [1.165, 1.54) is 37.0 Å². The number of thiophene rings is 1. The molecule has 0 bridgehead atoms. The first-order valence-corrected chi connectivity index (χ1v) is 8.06. The minimum Gasteiger partial charge on any atom is -0.294 e. The van der Waals surface area contributed by atoms with E-state index in [1.807, 2.05) is 6.07 Å². The lowest BCUT2D eigenvalue weighted by molar-refractivity contribution is 0.158. The zero-order chi connectivity index (χ0) is 12.1. The van der Waals surface area contributed by atoms with Crippen molar-refractivity contribution < 1.29 is 0 Å². The summed E-state index contributed by atoms with van der Waals surface area (Å²) >= 11 is 13.6. The van der Waals surface area contributed by atoms with E-state index < -0.39 is 0 Å². The maximum atomic E-state index is 5.98. The number of hydrogen-bond acceptors (Lipinski definition) is 2. The van der Waals surface area contributed by atoms with Crippen LogP contribution < -0.4 is 0 Å². The van der Waals surface area contributed by atoms with Gasteiger partial charge in [0.15, 0.2) is 0 Å². The second kappa shape index (κ2) is 6.98. The van der Waals surface area contributed by atoms with Crippen molar-refractivity contribution in [3.05, 3.63) is 21.3 Å². The van der Waals surface area contributed by atoms with Gasteiger partial charge < -0.3 is 0 Å². The molecule has 0 radical (unpaired) electrons. The SMILES string of the molecule is ClCCN(Cc1ccc(Cl)s1)C1CCCCC1. The molecule has 1 aromatic heterocycles. The summed E-state index contributed by atoms with van der Waals surface area (Å²) in [4.78, 5) is 3.89. The molecule has 96 valence electrons. The zero-order valence-electron chi connectivity index (χ0n) is 10.0. The summed E-state index contributed by atoms with van der Waals surface area (Å²) < 4.78 is 0.884. The van der Waals surface area contributed by atoms with Crippen LogP contribution in [-0.4, -0.2) is 23.4 Å². The van der Waals surface area contributed by atoms with Crippen LogP contribution in [-0.2, 0) is 6.54 Å². The number of halogens is 2. The van der Waals surface area contributed by atoms with Crippen molar-refractivity contribution in [2.75, 3.05) is 12.4 Å². The first-order chi connectivity index (χ1) is 8.29. The fourth-order valence-corrected chi connectivity index (χ4v) is 3.91. The molecular weight excluding hydrogens is 273 g/mol. The van der Waals surface area contributed by atoms with Crippen molar-refractivity contribution in [1.82, 2.24) is 4.90 Å². The van der Waals surface area contributed by atoms with Crippen LogP contribution in [0.5, 0.6) is 0 Å². The third kappa shape index (κ3) is 4.13. The maximum Gasteiger partial charge on any atom is 0.0931 e. The molecular formula is C13H19Cl2NS. The summed E-state index contributed by atoms with van der Waals surface area (Å²) in [6.45, 7) is 2.00. The Bertz CT molecular complexity index is 334. The first kappa shape index (κ1) is 13.7. The van der Waals surface area contributed by atoms with E-state index in [4.69, 9.17) is 23.2 Å². The van der Waals surface area contributed by atoms with Crippen molar-refractivity contribution in [1.29, 1.82) is 0 Å². The molecule has 0 amide bonds. The molecule has 0 unspecified atom stereocenters. The second-order valence-electron chi connectivity index (χ2n) is 4.66. The summed E-state index contributed by atoms with van der Waals surface area (Å²) in [6.07, 6.45) is 6.80. The van der Waals surface area contributed by atoms with Crippen molar-refractivity contribution in [2.45, 2.75) is 44.7 Å². The lowest BCUT2D eigenvalue weighted by Gasteiger charge is -2.33. The van der Waals surface area contributed by atoms with Gasteiger partial charge in [0, 0.05) is 29.9 Å². The van der Waals surface area contributed by atoms with Crippen LogP contribution in [0.1, 0.15) is 37.0 Å². The molecule has 0 spiro atoms. The summed E-state index contributed by atoms with van der Waals surface area (Å²) in [5, 5.41) is 0. The smallest absolute Gasteiger partial charge is 0.0931 e. The van der Waals surface area contributed by atoms with Crippen molar-refractivity contribution in [3.8, 4) is 0 Å². The standard InChI is InChI=1S/C13H19Cl2NS/c14-8-9-16(11-4-2-1-3-5-11)10-12-6-7-13(15)17-12/h6-7,11H,1-5,8-10H2. The van der Waals surface area contributed by atoms with Gasteiger partial charge in [0.2, 0.25) is 0 Å². The van der Waals surface area contributed by atoms with Gasteiger partial charge in [0.05, 0.1) is 4.34 Å². The largest absolute Gasteiger partial charge is 0.294 e. The molecule has 1 fully saturated rings. The molecule has 0 N–H and O–H groups in total. The van der Waals surface area contributed by atoms with Gasteiger partial charge in [-0.25, -0.2) is 0 Å². The number of hydrogen-bond donors (Lipinski definition) is 0. The van der Waals surface area contributed by atoms with E-state index in [0.717, 1.165) is 29.3 Å². The summed E-state index contributed by atoms with van der Waals surface area (Å²) in [5.41, 5.74) is 0. The van der Waals surface area contributed by atoms with Crippen molar-refractivity contribution in [3.63, 3.8) is 0 Å². The van der Waals surface area contributed by atoms with E-state index in [1.54, 1.807) is 11.3 Å². The Labute approximate surface area is 118 Å². The highest BCUT2D eigenvalue weighted by Gasteiger charge is 2.21. The average molecular weight is 292 g/mol. The Morgan fingerprint density at radius 1 is 1.24 bits per heavy atom. The van der Waals surface area contributed by atoms with Gasteiger partial charge >= 0.3 is 0 Å². The molecule has 4 heteroatoms. The van der Waals surface area contributed by atoms with Crippen LogP contribution in [0, 0.1) is 0 Å². The highest BCUT2D eigenvalue weighted by molar-refractivity contribution is 7.16. The molecule has 1 aliphatic rings. The van der Waals surface area contributed by atoms with E-state index >= 15 is 0 Å². The van der Waals surface area contributed by atoms with Crippen LogP contribution in [0.3, 0.4) is 0 Å². The molecule has 2 rings (SSSR count). The summed E-state index contributed by atoms with van der Waals surface area (Å²) in [5.74, 6) is 0.718. The minimum atomic E-state index is 0.718. The van der Waals surface area contributed by atoms with Crippen molar-refractivity contribution >= 4 is 34.5 Å². The van der Waals surface area contributed by atoms with Crippen LogP contribution in [0.25, 0.3) is 0 Å². The lowest BCUT2D eigenvalue weighted by Crippen LogP contribution is -2.37. The van der Waals surface area contributed by atoms with Gasteiger partial charge in [-0.15, -0.1) is 22.9 Å². The first-order valence-electron chi connectivity index (χ1n) is 6.34. The van der Waals surface area contributed by atoms with E-state index in [0.29, 0.717) is 0 Å². The molecule has 0 atom stereocenters. The van der Waals surface area contributed by atoms with Crippen molar-refractivity contribution in [2.24, 2.45) is 0 Å². The minimum absolute atomic E-state index is 0.718. The number of rotatable bonds is 5. The van der Waals surface area contributed by atoms with E-state index in [9.17, 15) is 0 Å². The van der Waals surface area contributed by atoms with Crippen LogP contribution >= 0.6 is 34.5 Å². The third-order valence-corrected chi connectivity index (χ3v) is 4.84. The van der Waals surface area contributed by atoms with Gasteiger partial charge in [-0.1, -0.05) is 30.9 Å². The highest BCUT2D eigenvalue weighted by atomic mass is 35.5. The Morgan fingerprint density at radius 3 is 2.59 bits per heavy atom.